The van der Waals surface area contributed by atoms with E-state index in [2.05, 4.69) is 25.7 Å². The van der Waals surface area contributed by atoms with Gasteiger partial charge < -0.3 is 10.6 Å². The van der Waals surface area contributed by atoms with Crippen molar-refractivity contribution in [2.45, 2.75) is 31.3 Å². The van der Waals surface area contributed by atoms with E-state index in [1.807, 2.05) is 24.3 Å². The summed E-state index contributed by atoms with van der Waals surface area (Å²) in [5.74, 6) is -1.28. The van der Waals surface area contributed by atoms with Gasteiger partial charge >= 0.3 is 0 Å². The van der Waals surface area contributed by atoms with E-state index in [-0.39, 0.29) is 11.5 Å². The summed E-state index contributed by atoms with van der Waals surface area (Å²) in [7, 11) is 0. The van der Waals surface area contributed by atoms with Gasteiger partial charge in [0.2, 0.25) is 5.91 Å². The lowest BCUT2D eigenvalue weighted by Crippen LogP contribution is -2.49. The number of hydrogen-bond acceptors (Lipinski definition) is 5. The summed E-state index contributed by atoms with van der Waals surface area (Å²) in [6.45, 7) is 1.69. The Morgan fingerprint density at radius 2 is 1.88 bits per heavy atom. The molecule has 1 atom stereocenters. The Balaban J connectivity index is 1.32. The average molecular weight is 479 g/mol. The first-order chi connectivity index (χ1) is 16.4. The molecule has 34 heavy (non-hydrogen) atoms. The number of para-hydroxylation sites is 1. The molecule has 4 aromatic rings. The Morgan fingerprint density at radius 1 is 1.15 bits per heavy atom. The maximum atomic E-state index is 15.1. The number of nitrogens with zero attached hydrogens (tertiary/aromatic N) is 4. The minimum absolute atomic E-state index is 0.266. The predicted molar refractivity (Wildman–Crippen MR) is 124 cm³/mol. The molecule has 2 aromatic heterocycles. The molecule has 0 aliphatic heterocycles. The second kappa shape index (κ2) is 8.49. The van der Waals surface area contributed by atoms with Gasteiger partial charge in [-0.3, -0.25) is 9.59 Å². The van der Waals surface area contributed by atoms with Gasteiger partial charge in [0.1, 0.15) is 17.7 Å². The van der Waals surface area contributed by atoms with Crippen molar-refractivity contribution in [1.82, 2.24) is 30.4 Å². The molecular weight excluding hydrogens is 459 g/mol. The highest BCUT2D eigenvalue weighted by Gasteiger charge is 2.51. The first-order valence-electron chi connectivity index (χ1n) is 10.7. The van der Waals surface area contributed by atoms with E-state index in [9.17, 15) is 9.59 Å². The number of fused-ring (bicyclic) bond motifs is 1. The van der Waals surface area contributed by atoms with Crippen molar-refractivity contribution in [2.24, 2.45) is 0 Å². The number of nitrogens with one attached hydrogen (secondary N) is 2. The van der Waals surface area contributed by atoms with Crippen LogP contribution in [0.2, 0.25) is 5.15 Å². The molecule has 0 radical (unpaired) electrons. The van der Waals surface area contributed by atoms with Crippen LogP contribution in [-0.4, -0.2) is 37.1 Å². The summed E-state index contributed by atoms with van der Waals surface area (Å²) in [4.78, 5) is 33.0. The van der Waals surface area contributed by atoms with Crippen LogP contribution in [0, 0.1) is 5.82 Å². The summed E-state index contributed by atoms with van der Waals surface area (Å²) in [6.07, 6.45) is 5.08. The van der Waals surface area contributed by atoms with E-state index in [0.29, 0.717) is 29.2 Å². The first kappa shape index (κ1) is 22.0. The lowest BCUT2D eigenvalue weighted by atomic mass is 10.1. The molecule has 2 amide bonds. The van der Waals surface area contributed by atoms with Gasteiger partial charge in [-0.25, -0.2) is 19.0 Å². The minimum Gasteiger partial charge on any atom is -0.347 e. The lowest BCUT2D eigenvalue weighted by Gasteiger charge is -2.21. The van der Waals surface area contributed by atoms with E-state index in [0.717, 1.165) is 10.9 Å². The quantitative estimate of drug-likeness (QED) is 0.439. The van der Waals surface area contributed by atoms with Crippen LogP contribution >= 0.6 is 11.6 Å². The highest BCUT2D eigenvalue weighted by atomic mass is 35.5. The second-order valence-electron chi connectivity index (χ2n) is 8.28. The van der Waals surface area contributed by atoms with Gasteiger partial charge in [-0.2, -0.15) is 5.10 Å². The molecule has 1 saturated carbocycles. The lowest BCUT2D eigenvalue weighted by molar-refractivity contribution is -0.124. The van der Waals surface area contributed by atoms with Crippen LogP contribution < -0.4 is 10.6 Å². The van der Waals surface area contributed by atoms with Gasteiger partial charge in [0.05, 0.1) is 22.8 Å². The molecule has 1 aliphatic rings. The fourth-order valence-electron chi connectivity index (χ4n) is 3.88. The highest BCUT2D eigenvalue weighted by Crippen LogP contribution is 2.37. The van der Waals surface area contributed by atoms with Crippen LogP contribution in [0.5, 0.6) is 0 Å². The number of amides is 2. The van der Waals surface area contributed by atoms with Gasteiger partial charge in [0.25, 0.3) is 5.91 Å². The molecule has 0 bridgehead atoms. The van der Waals surface area contributed by atoms with Crippen molar-refractivity contribution in [2.75, 3.05) is 0 Å². The third-order valence-electron chi connectivity index (χ3n) is 5.95. The molecule has 2 aromatic carbocycles. The van der Waals surface area contributed by atoms with Crippen molar-refractivity contribution in [3.63, 3.8) is 0 Å². The van der Waals surface area contributed by atoms with Gasteiger partial charge in [0, 0.05) is 23.3 Å². The summed E-state index contributed by atoms with van der Waals surface area (Å²) in [5, 5.41) is 11.0. The van der Waals surface area contributed by atoms with Gasteiger partial charge in [-0.05, 0) is 44.0 Å². The molecule has 10 heteroatoms. The maximum absolute atomic E-state index is 15.1. The van der Waals surface area contributed by atoms with E-state index in [1.54, 1.807) is 23.7 Å². The van der Waals surface area contributed by atoms with E-state index >= 15 is 4.39 Å². The molecule has 0 unspecified atom stereocenters. The third kappa shape index (κ3) is 3.99. The van der Waals surface area contributed by atoms with E-state index in [4.69, 9.17) is 11.6 Å². The number of aromatic nitrogens is 4. The molecule has 2 heterocycles. The maximum Gasteiger partial charge on any atom is 0.255 e. The van der Waals surface area contributed by atoms with Crippen LogP contribution in [0.1, 0.15) is 41.7 Å². The molecule has 0 spiro atoms. The van der Waals surface area contributed by atoms with Crippen molar-refractivity contribution in [3.8, 4) is 5.69 Å². The Morgan fingerprint density at radius 3 is 2.59 bits per heavy atom. The third-order valence-corrected chi connectivity index (χ3v) is 6.22. The van der Waals surface area contributed by atoms with Gasteiger partial charge in [0.15, 0.2) is 5.15 Å². The fourth-order valence-corrected chi connectivity index (χ4v) is 4.11. The molecular formula is C24H20ClFN6O2. The van der Waals surface area contributed by atoms with Crippen molar-refractivity contribution >= 4 is 34.3 Å². The molecule has 2 N–H and O–H groups in total. The molecule has 0 saturated heterocycles. The Labute approximate surface area is 199 Å². The van der Waals surface area contributed by atoms with Crippen molar-refractivity contribution in [1.29, 1.82) is 0 Å². The molecule has 172 valence electrons. The zero-order valence-corrected chi connectivity index (χ0v) is 18.9. The summed E-state index contributed by atoms with van der Waals surface area (Å²) in [6, 6.07) is 11.5. The minimum atomic E-state index is -1.01. The number of halogens is 2. The van der Waals surface area contributed by atoms with Crippen molar-refractivity contribution < 1.29 is 14.0 Å². The van der Waals surface area contributed by atoms with Crippen molar-refractivity contribution in [3.05, 3.63) is 83.3 Å². The molecule has 5 rings (SSSR count). The first-order valence-corrected chi connectivity index (χ1v) is 11.1. The van der Waals surface area contributed by atoms with Crippen LogP contribution in [0.3, 0.4) is 0 Å². The van der Waals surface area contributed by atoms with Crippen LogP contribution in [0.4, 0.5) is 4.39 Å². The zero-order valence-electron chi connectivity index (χ0n) is 18.1. The van der Waals surface area contributed by atoms with Crippen LogP contribution in [-0.2, 0) is 4.79 Å². The normalized spacial score (nSPS) is 15.0. The zero-order chi connectivity index (χ0) is 23.9. The Kier molecular flexibility index (Phi) is 5.49. The SMILES string of the molecule is C[C@@H](NC(=O)C1(NC(=O)c2cncnc2)CC1)c1ccc(-n2nc(Cl)c3ccccc32)cc1F. The second-order valence-corrected chi connectivity index (χ2v) is 8.64. The predicted octanol–water partition coefficient (Wildman–Crippen LogP) is 3.75. The fraction of sp³-hybridized carbons (Fsp3) is 0.208. The topological polar surface area (TPSA) is 102 Å². The van der Waals surface area contributed by atoms with E-state index in [1.165, 1.54) is 24.8 Å². The van der Waals surface area contributed by atoms with Gasteiger partial charge in [-0.15, -0.1) is 0 Å². The summed E-state index contributed by atoms with van der Waals surface area (Å²) in [5.41, 5.74) is 0.846. The largest absolute Gasteiger partial charge is 0.347 e. The number of carbonyl (C=O) groups is 2. The smallest absolute Gasteiger partial charge is 0.255 e. The molecule has 1 fully saturated rings. The van der Waals surface area contributed by atoms with Crippen LogP contribution in [0.25, 0.3) is 16.6 Å². The number of rotatable bonds is 6. The average Bonchev–Trinajstić information content (AvgIpc) is 3.55. The molecule has 1 aliphatic carbocycles. The van der Waals surface area contributed by atoms with E-state index < -0.39 is 23.3 Å². The number of benzene rings is 2. The molecule has 8 nitrogen and oxygen atoms in total. The van der Waals surface area contributed by atoms with Crippen LogP contribution in [0.15, 0.2) is 61.2 Å². The monoisotopic (exact) mass is 478 g/mol. The van der Waals surface area contributed by atoms with Gasteiger partial charge in [-0.1, -0.05) is 29.8 Å². The Hall–Kier alpha value is -3.85. The summed E-state index contributed by atoms with van der Waals surface area (Å²) < 4.78 is 16.7. The number of hydrogen-bond donors (Lipinski definition) is 2. The Bertz CT molecular complexity index is 1400. The highest BCUT2D eigenvalue weighted by molar-refractivity contribution is 6.34. The standard InChI is InChI=1S/C24H20ClFN6O2/c1-14(29-23(34)24(8-9-24)30-22(33)15-11-27-13-28-12-15)17-7-6-16(10-19(17)26)32-20-5-3-2-4-18(20)21(25)31-32/h2-7,10-14H,8-9H2,1H3,(H,29,34)(H,30,33)/t14-/m1/s1. The summed E-state index contributed by atoms with van der Waals surface area (Å²) >= 11 is 6.22. The number of carbonyl (C=O) groups excluding carboxylic acids is 2.